The van der Waals surface area contributed by atoms with Gasteiger partial charge in [0.1, 0.15) is 35.6 Å². The van der Waals surface area contributed by atoms with Gasteiger partial charge < -0.3 is 14.0 Å². The van der Waals surface area contributed by atoms with Crippen LogP contribution in [0.25, 0.3) is 0 Å². The van der Waals surface area contributed by atoms with Gasteiger partial charge in [0.05, 0.1) is 5.56 Å². The standard InChI is InChI=1S/C24H20F2N2O4/c1-31-10-2-9-28-14-18(11-17(13-27)24(28)30)23(29)21-12-20(26)7-8-22(21)32-15-16-3-5-19(25)6-4-16/h3-8,11-12,14H,2,9-10,15H2,1H3. The Bertz CT molecular complexity index is 1210. The highest BCUT2D eigenvalue weighted by atomic mass is 19.1. The van der Waals surface area contributed by atoms with Crippen LogP contribution in [0.4, 0.5) is 8.78 Å². The van der Waals surface area contributed by atoms with Gasteiger partial charge in [-0.25, -0.2) is 8.78 Å². The smallest absolute Gasteiger partial charge is 0.268 e. The third-order valence-electron chi connectivity index (χ3n) is 4.71. The SMILES string of the molecule is COCCCn1cc(C(=O)c2cc(F)ccc2OCc2ccc(F)cc2)cc(C#N)c1=O. The number of methoxy groups -OCH3 is 1. The minimum absolute atomic E-state index is 0.0339. The number of benzene rings is 2. The first-order valence-corrected chi connectivity index (χ1v) is 9.78. The van der Waals surface area contributed by atoms with E-state index in [1.807, 2.05) is 0 Å². The highest BCUT2D eigenvalue weighted by Gasteiger charge is 2.19. The molecule has 2 aromatic carbocycles. The number of hydrogen-bond acceptors (Lipinski definition) is 5. The molecular formula is C24H20F2N2O4. The molecule has 3 rings (SSSR count). The molecule has 0 spiro atoms. The number of aryl methyl sites for hydroxylation is 1. The van der Waals surface area contributed by atoms with Crippen LogP contribution in [0.15, 0.2) is 59.5 Å². The van der Waals surface area contributed by atoms with Gasteiger partial charge in [-0.15, -0.1) is 0 Å². The van der Waals surface area contributed by atoms with Gasteiger partial charge >= 0.3 is 0 Å². The van der Waals surface area contributed by atoms with Gasteiger partial charge in [-0.3, -0.25) is 9.59 Å². The van der Waals surface area contributed by atoms with Crippen molar-refractivity contribution in [2.45, 2.75) is 19.6 Å². The van der Waals surface area contributed by atoms with Crippen LogP contribution in [-0.4, -0.2) is 24.1 Å². The summed E-state index contributed by atoms with van der Waals surface area (Å²) in [6, 6.07) is 12.1. The lowest BCUT2D eigenvalue weighted by molar-refractivity contribution is 0.103. The van der Waals surface area contributed by atoms with Crippen molar-refractivity contribution in [1.82, 2.24) is 4.57 Å². The van der Waals surface area contributed by atoms with E-state index < -0.39 is 17.2 Å². The molecule has 0 unspecified atom stereocenters. The number of nitriles is 1. The van der Waals surface area contributed by atoms with Crippen LogP contribution in [0, 0.1) is 23.0 Å². The summed E-state index contributed by atoms with van der Waals surface area (Å²) in [5.41, 5.74) is -0.0629. The third kappa shape index (κ3) is 5.45. The number of carbonyl (C=O) groups excluding carboxylic acids is 1. The Morgan fingerprint density at radius 1 is 1.09 bits per heavy atom. The minimum Gasteiger partial charge on any atom is -0.488 e. The molecule has 0 aliphatic heterocycles. The molecule has 0 N–H and O–H groups in total. The van der Waals surface area contributed by atoms with E-state index in [9.17, 15) is 23.6 Å². The Labute approximate surface area is 183 Å². The predicted molar refractivity (Wildman–Crippen MR) is 112 cm³/mol. The zero-order valence-electron chi connectivity index (χ0n) is 17.3. The van der Waals surface area contributed by atoms with Crippen molar-refractivity contribution in [2.75, 3.05) is 13.7 Å². The van der Waals surface area contributed by atoms with Gasteiger partial charge in [0.15, 0.2) is 5.78 Å². The van der Waals surface area contributed by atoms with E-state index in [1.165, 1.54) is 54.3 Å². The summed E-state index contributed by atoms with van der Waals surface area (Å²) >= 11 is 0. The number of pyridine rings is 1. The molecule has 0 saturated heterocycles. The normalized spacial score (nSPS) is 10.6. The van der Waals surface area contributed by atoms with Crippen molar-refractivity contribution < 1.29 is 23.0 Å². The number of halogens is 2. The Morgan fingerprint density at radius 2 is 1.81 bits per heavy atom. The summed E-state index contributed by atoms with van der Waals surface area (Å²) < 4.78 is 39.0. The van der Waals surface area contributed by atoms with Crippen LogP contribution in [-0.2, 0) is 17.9 Å². The van der Waals surface area contributed by atoms with Crippen LogP contribution < -0.4 is 10.3 Å². The van der Waals surface area contributed by atoms with E-state index in [2.05, 4.69) is 0 Å². The molecule has 0 atom stereocenters. The second kappa shape index (κ2) is 10.5. The summed E-state index contributed by atoms with van der Waals surface area (Å²) in [5.74, 6) is -1.51. The molecule has 32 heavy (non-hydrogen) atoms. The quantitative estimate of drug-likeness (QED) is 0.375. The van der Waals surface area contributed by atoms with E-state index in [0.717, 1.165) is 12.1 Å². The van der Waals surface area contributed by atoms with Crippen molar-refractivity contribution in [2.24, 2.45) is 0 Å². The van der Waals surface area contributed by atoms with Crippen LogP contribution in [0.1, 0.15) is 33.5 Å². The van der Waals surface area contributed by atoms with Crippen molar-refractivity contribution in [3.63, 3.8) is 0 Å². The van der Waals surface area contributed by atoms with Crippen molar-refractivity contribution in [1.29, 1.82) is 5.26 Å². The summed E-state index contributed by atoms with van der Waals surface area (Å²) in [7, 11) is 1.53. The number of nitrogens with zero attached hydrogens (tertiary/aromatic N) is 2. The number of ketones is 1. The fraction of sp³-hybridized carbons (Fsp3) is 0.208. The minimum atomic E-state index is -0.642. The summed E-state index contributed by atoms with van der Waals surface area (Å²) in [4.78, 5) is 25.6. The molecule has 164 valence electrons. The highest BCUT2D eigenvalue weighted by Crippen LogP contribution is 2.24. The fourth-order valence-corrected chi connectivity index (χ4v) is 3.09. The van der Waals surface area contributed by atoms with Crippen molar-refractivity contribution >= 4 is 5.78 Å². The number of hydrogen-bond donors (Lipinski definition) is 0. The number of rotatable bonds is 9. The average molecular weight is 438 g/mol. The molecule has 0 amide bonds. The van der Waals surface area contributed by atoms with Gasteiger partial charge in [-0.1, -0.05) is 12.1 Å². The van der Waals surface area contributed by atoms with E-state index in [0.29, 0.717) is 18.6 Å². The van der Waals surface area contributed by atoms with E-state index >= 15 is 0 Å². The molecule has 0 aliphatic carbocycles. The first-order valence-electron chi connectivity index (χ1n) is 9.78. The number of aromatic nitrogens is 1. The first kappa shape index (κ1) is 22.8. The largest absolute Gasteiger partial charge is 0.488 e. The first-order chi connectivity index (χ1) is 15.4. The van der Waals surface area contributed by atoms with E-state index in [1.54, 1.807) is 6.07 Å². The summed E-state index contributed by atoms with van der Waals surface area (Å²) in [5, 5.41) is 9.31. The Hall–Kier alpha value is -3.83. The van der Waals surface area contributed by atoms with Crippen LogP contribution in [0.5, 0.6) is 5.75 Å². The molecule has 0 saturated carbocycles. The van der Waals surface area contributed by atoms with Crippen molar-refractivity contribution in [3.05, 3.63) is 99.0 Å². The maximum atomic E-state index is 14.0. The Morgan fingerprint density at radius 3 is 2.50 bits per heavy atom. The lowest BCUT2D eigenvalue weighted by Gasteiger charge is -2.13. The van der Waals surface area contributed by atoms with Crippen LogP contribution in [0.2, 0.25) is 0 Å². The second-order valence-corrected chi connectivity index (χ2v) is 6.98. The number of carbonyl (C=O) groups is 1. The van der Waals surface area contributed by atoms with E-state index in [-0.39, 0.29) is 41.4 Å². The second-order valence-electron chi connectivity index (χ2n) is 6.98. The molecule has 8 heteroatoms. The monoisotopic (exact) mass is 438 g/mol. The lowest BCUT2D eigenvalue weighted by atomic mass is 10.0. The third-order valence-corrected chi connectivity index (χ3v) is 4.71. The molecule has 1 aromatic heterocycles. The fourth-order valence-electron chi connectivity index (χ4n) is 3.09. The molecule has 3 aromatic rings. The highest BCUT2D eigenvalue weighted by molar-refractivity contribution is 6.10. The summed E-state index contributed by atoms with van der Waals surface area (Å²) in [6.07, 6.45) is 1.85. The van der Waals surface area contributed by atoms with Crippen molar-refractivity contribution in [3.8, 4) is 11.8 Å². The molecule has 1 heterocycles. The Kier molecular flexibility index (Phi) is 7.47. The van der Waals surface area contributed by atoms with E-state index in [4.69, 9.17) is 9.47 Å². The molecule has 0 aliphatic rings. The molecule has 0 bridgehead atoms. The molecule has 0 radical (unpaired) electrons. The van der Waals surface area contributed by atoms with Crippen LogP contribution in [0.3, 0.4) is 0 Å². The van der Waals surface area contributed by atoms with Gasteiger partial charge in [0.25, 0.3) is 5.56 Å². The average Bonchev–Trinajstić information content (AvgIpc) is 2.80. The zero-order valence-corrected chi connectivity index (χ0v) is 17.3. The van der Waals surface area contributed by atoms with Gasteiger partial charge in [-0.05, 0) is 48.4 Å². The van der Waals surface area contributed by atoms with Gasteiger partial charge in [0.2, 0.25) is 0 Å². The maximum Gasteiger partial charge on any atom is 0.268 e. The molecule has 0 fully saturated rings. The lowest BCUT2D eigenvalue weighted by Crippen LogP contribution is -2.24. The molecule has 6 nitrogen and oxygen atoms in total. The number of ether oxygens (including phenoxy) is 2. The zero-order chi connectivity index (χ0) is 23.1. The summed E-state index contributed by atoms with van der Waals surface area (Å²) in [6.45, 7) is 0.684. The predicted octanol–water partition coefficient (Wildman–Crippen LogP) is 3.84. The topological polar surface area (TPSA) is 81.3 Å². The van der Waals surface area contributed by atoms with Crippen LogP contribution >= 0.6 is 0 Å². The maximum absolute atomic E-state index is 14.0. The Balaban J connectivity index is 1.93. The molecular weight excluding hydrogens is 418 g/mol. The van der Waals surface area contributed by atoms with Gasteiger partial charge in [0, 0.05) is 32.0 Å². The van der Waals surface area contributed by atoms with Gasteiger partial charge in [-0.2, -0.15) is 5.26 Å².